The van der Waals surface area contributed by atoms with Crippen LogP contribution in [0.5, 0.6) is 0 Å². The predicted octanol–water partition coefficient (Wildman–Crippen LogP) is 2.63. The SMILES string of the molecule is COC(=O)CC(NC(=O)c1ccc2c(c1)CCN2C(C)=O)c1ccccc1. The maximum absolute atomic E-state index is 12.8. The minimum atomic E-state index is -0.479. The highest BCUT2D eigenvalue weighted by Gasteiger charge is 2.24. The van der Waals surface area contributed by atoms with Crippen molar-refractivity contribution in [1.82, 2.24) is 5.32 Å². The summed E-state index contributed by atoms with van der Waals surface area (Å²) in [6.45, 7) is 2.16. The molecule has 6 heteroatoms. The molecule has 0 aromatic heterocycles. The average Bonchev–Trinajstić information content (AvgIpc) is 3.11. The molecular formula is C21H22N2O4. The molecule has 1 aliphatic heterocycles. The van der Waals surface area contributed by atoms with E-state index in [1.165, 1.54) is 14.0 Å². The van der Waals surface area contributed by atoms with Crippen LogP contribution in [-0.2, 0) is 20.7 Å². The van der Waals surface area contributed by atoms with Gasteiger partial charge in [0.15, 0.2) is 0 Å². The van der Waals surface area contributed by atoms with Gasteiger partial charge in [-0.3, -0.25) is 14.4 Å². The first kappa shape index (κ1) is 18.6. The molecule has 1 aliphatic rings. The monoisotopic (exact) mass is 366 g/mol. The zero-order chi connectivity index (χ0) is 19.4. The van der Waals surface area contributed by atoms with Crippen LogP contribution in [-0.4, -0.2) is 31.4 Å². The standard InChI is InChI=1S/C21H22N2O4/c1-14(24)23-11-10-16-12-17(8-9-19(16)23)21(26)22-18(13-20(25)27-2)15-6-4-3-5-7-15/h3-9,12,18H,10-11,13H2,1-2H3,(H,22,26). The van der Waals surface area contributed by atoms with Gasteiger partial charge in [0.1, 0.15) is 0 Å². The minimum Gasteiger partial charge on any atom is -0.469 e. The van der Waals surface area contributed by atoms with Crippen LogP contribution in [0, 0.1) is 0 Å². The third-order valence-electron chi connectivity index (χ3n) is 4.72. The Hall–Kier alpha value is -3.15. The summed E-state index contributed by atoms with van der Waals surface area (Å²) in [7, 11) is 1.33. The number of amides is 2. The fraction of sp³-hybridized carbons (Fsp3) is 0.286. The number of carbonyl (C=O) groups is 3. The molecule has 27 heavy (non-hydrogen) atoms. The zero-order valence-electron chi connectivity index (χ0n) is 15.4. The highest BCUT2D eigenvalue weighted by molar-refractivity contribution is 5.98. The van der Waals surface area contributed by atoms with E-state index in [0.29, 0.717) is 12.1 Å². The first-order chi connectivity index (χ1) is 13.0. The summed E-state index contributed by atoms with van der Waals surface area (Å²) in [5, 5.41) is 2.92. The highest BCUT2D eigenvalue weighted by atomic mass is 16.5. The molecule has 0 saturated carbocycles. The molecule has 0 bridgehead atoms. The Morgan fingerprint density at radius 3 is 2.56 bits per heavy atom. The van der Waals surface area contributed by atoms with E-state index < -0.39 is 12.0 Å². The van der Waals surface area contributed by atoms with Crippen molar-refractivity contribution in [3.63, 3.8) is 0 Å². The Balaban J connectivity index is 1.80. The van der Waals surface area contributed by atoms with E-state index in [1.807, 2.05) is 36.4 Å². The lowest BCUT2D eigenvalue weighted by Crippen LogP contribution is -2.30. The summed E-state index contributed by atoms with van der Waals surface area (Å²) in [4.78, 5) is 37.9. The van der Waals surface area contributed by atoms with Crippen LogP contribution in [0.15, 0.2) is 48.5 Å². The zero-order valence-corrected chi connectivity index (χ0v) is 15.4. The van der Waals surface area contributed by atoms with Gasteiger partial charge < -0.3 is 15.0 Å². The Labute approximate surface area is 158 Å². The van der Waals surface area contributed by atoms with Crippen LogP contribution < -0.4 is 10.2 Å². The second-order valence-electron chi connectivity index (χ2n) is 6.48. The third kappa shape index (κ3) is 4.16. The topological polar surface area (TPSA) is 75.7 Å². The fourth-order valence-corrected chi connectivity index (χ4v) is 3.30. The van der Waals surface area contributed by atoms with E-state index in [0.717, 1.165) is 23.2 Å². The van der Waals surface area contributed by atoms with Gasteiger partial charge in [0.05, 0.1) is 19.6 Å². The third-order valence-corrected chi connectivity index (χ3v) is 4.72. The van der Waals surface area contributed by atoms with Gasteiger partial charge in [-0.2, -0.15) is 0 Å². The summed E-state index contributed by atoms with van der Waals surface area (Å²) in [5.74, 6) is -0.666. The first-order valence-corrected chi connectivity index (χ1v) is 8.83. The number of hydrogen-bond acceptors (Lipinski definition) is 4. The number of hydrogen-bond donors (Lipinski definition) is 1. The molecule has 1 unspecified atom stereocenters. The molecule has 3 rings (SSSR count). The van der Waals surface area contributed by atoms with Gasteiger partial charge in [-0.15, -0.1) is 0 Å². The number of rotatable bonds is 5. The van der Waals surface area contributed by atoms with Gasteiger partial charge in [-0.25, -0.2) is 0 Å². The number of benzene rings is 2. The summed E-state index contributed by atoms with van der Waals surface area (Å²) < 4.78 is 4.76. The summed E-state index contributed by atoms with van der Waals surface area (Å²) in [6.07, 6.45) is 0.773. The van der Waals surface area contributed by atoms with Crippen LogP contribution in [0.2, 0.25) is 0 Å². The highest BCUT2D eigenvalue weighted by Crippen LogP contribution is 2.29. The van der Waals surface area contributed by atoms with E-state index in [2.05, 4.69) is 5.32 Å². The smallest absolute Gasteiger partial charge is 0.307 e. The van der Waals surface area contributed by atoms with Crippen molar-refractivity contribution in [3.05, 3.63) is 65.2 Å². The molecule has 140 valence electrons. The molecule has 0 saturated heterocycles. The average molecular weight is 366 g/mol. The van der Waals surface area contributed by atoms with E-state index in [-0.39, 0.29) is 18.2 Å². The molecule has 0 spiro atoms. The number of methoxy groups -OCH3 is 1. The Kier molecular flexibility index (Phi) is 5.54. The molecule has 0 aliphatic carbocycles. The van der Waals surface area contributed by atoms with Crippen molar-refractivity contribution < 1.29 is 19.1 Å². The van der Waals surface area contributed by atoms with Crippen LogP contribution >= 0.6 is 0 Å². The largest absolute Gasteiger partial charge is 0.469 e. The maximum atomic E-state index is 12.8. The minimum absolute atomic E-state index is 0.00632. The van der Waals surface area contributed by atoms with E-state index in [1.54, 1.807) is 17.0 Å². The molecule has 1 atom stereocenters. The lowest BCUT2D eigenvalue weighted by Gasteiger charge is -2.19. The summed E-state index contributed by atoms with van der Waals surface area (Å²) in [5.41, 5.74) is 3.17. The van der Waals surface area contributed by atoms with Crippen molar-refractivity contribution >= 4 is 23.5 Å². The number of anilines is 1. The molecule has 0 radical (unpaired) electrons. The molecule has 1 N–H and O–H groups in total. The molecule has 2 amide bonds. The van der Waals surface area contributed by atoms with Gasteiger partial charge in [-0.1, -0.05) is 30.3 Å². The number of nitrogens with one attached hydrogen (secondary N) is 1. The van der Waals surface area contributed by atoms with Crippen LogP contribution in [0.1, 0.15) is 40.9 Å². The van der Waals surface area contributed by atoms with Crippen molar-refractivity contribution in [1.29, 1.82) is 0 Å². The molecular weight excluding hydrogens is 344 g/mol. The van der Waals surface area contributed by atoms with Gasteiger partial charge in [-0.05, 0) is 35.7 Å². The molecule has 0 fully saturated rings. The van der Waals surface area contributed by atoms with Crippen LogP contribution in [0.25, 0.3) is 0 Å². The van der Waals surface area contributed by atoms with Crippen molar-refractivity contribution in [2.24, 2.45) is 0 Å². The van der Waals surface area contributed by atoms with E-state index in [4.69, 9.17) is 4.74 Å². The lowest BCUT2D eigenvalue weighted by atomic mass is 10.0. The number of nitrogens with zero attached hydrogens (tertiary/aromatic N) is 1. The number of carbonyl (C=O) groups excluding carboxylic acids is 3. The summed E-state index contributed by atoms with van der Waals surface area (Å²) >= 11 is 0. The Morgan fingerprint density at radius 2 is 1.89 bits per heavy atom. The maximum Gasteiger partial charge on any atom is 0.307 e. The lowest BCUT2D eigenvalue weighted by molar-refractivity contribution is -0.141. The summed E-state index contributed by atoms with van der Waals surface area (Å²) in [6, 6.07) is 14.2. The van der Waals surface area contributed by atoms with Crippen LogP contribution in [0.4, 0.5) is 5.69 Å². The van der Waals surface area contributed by atoms with E-state index in [9.17, 15) is 14.4 Å². The van der Waals surface area contributed by atoms with E-state index >= 15 is 0 Å². The molecule has 1 heterocycles. The normalized spacial score (nSPS) is 13.6. The molecule has 2 aromatic rings. The van der Waals surface area contributed by atoms with Gasteiger partial charge in [0.25, 0.3) is 5.91 Å². The quantitative estimate of drug-likeness (QED) is 0.826. The second-order valence-corrected chi connectivity index (χ2v) is 6.48. The molecule has 2 aromatic carbocycles. The van der Waals surface area contributed by atoms with Gasteiger partial charge in [0.2, 0.25) is 5.91 Å². The Morgan fingerprint density at radius 1 is 1.15 bits per heavy atom. The Bertz CT molecular complexity index is 864. The van der Waals surface area contributed by atoms with Crippen LogP contribution in [0.3, 0.4) is 0 Å². The number of esters is 1. The number of fused-ring (bicyclic) bond motifs is 1. The second kappa shape index (κ2) is 8.03. The van der Waals surface area contributed by atoms with Gasteiger partial charge >= 0.3 is 5.97 Å². The van der Waals surface area contributed by atoms with Gasteiger partial charge in [0, 0.05) is 24.7 Å². The number of ether oxygens (including phenoxy) is 1. The fourth-order valence-electron chi connectivity index (χ4n) is 3.30. The predicted molar refractivity (Wildman–Crippen MR) is 101 cm³/mol. The first-order valence-electron chi connectivity index (χ1n) is 8.83. The molecule has 6 nitrogen and oxygen atoms in total. The van der Waals surface area contributed by atoms with Crippen molar-refractivity contribution in [2.45, 2.75) is 25.8 Å². The van der Waals surface area contributed by atoms with Crippen molar-refractivity contribution in [2.75, 3.05) is 18.6 Å². The van der Waals surface area contributed by atoms with Crippen molar-refractivity contribution in [3.8, 4) is 0 Å².